The minimum absolute atomic E-state index is 0.0184. The van der Waals surface area contributed by atoms with E-state index in [1.54, 1.807) is 4.90 Å². The minimum Gasteiger partial charge on any atom is -0.491 e. The van der Waals surface area contributed by atoms with Gasteiger partial charge in [0.2, 0.25) is 0 Å². The highest BCUT2D eigenvalue weighted by molar-refractivity contribution is 6.04. The molecule has 3 amide bonds. The number of nitrogens with zero attached hydrogens (tertiary/aromatic N) is 2. The first-order chi connectivity index (χ1) is 11.0. The van der Waals surface area contributed by atoms with Crippen LogP contribution in [0, 0.1) is 13.8 Å². The van der Waals surface area contributed by atoms with Crippen LogP contribution in [0.15, 0.2) is 18.2 Å². The summed E-state index contributed by atoms with van der Waals surface area (Å²) in [4.78, 5) is 27.1. The molecular formula is C17H22N2O4. The van der Waals surface area contributed by atoms with E-state index in [9.17, 15) is 14.7 Å². The van der Waals surface area contributed by atoms with Crippen LogP contribution in [0.2, 0.25) is 0 Å². The molecule has 0 saturated carbocycles. The van der Waals surface area contributed by atoms with Crippen molar-refractivity contribution in [1.29, 1.82) is 0 Å². The molecule has 0 unspecified atom stereocenters. The number of fused-ring (bicyclic) bond motifs is 1. The van der Waals surface area contributed by atoms with Crippen LogP contribution in [0.5, 0.6) is 5.75 Å². The lowest BCUT2D eigenvalue weighted by atomic mass is 10.1. The Morgan fingerprint density at radius 3 is 2.61 bits per heavy atom. The molecule has 23 heavy (non-hydrogen) atoms. The molecule has 1 N–H and O–H groups in total. The number of hydrogen-bond donors (Lipinski definition) is 1. The second-order valence-corrected chi connectivity index (χ2v) is 6.37. The molecule has 2 atom stereocenters. The topological polar surface area (TPSA) is 70.1 Å². The van der Waals surface area contributed by atoms with Crippen LogP contribution in [0.1, 0.15) is 24.0 Å². The molecule has 2 aliphatic heterocycles. The van der Waals surface area contributed by atoms with Gasteiger partial charge in [-0.25, -0.2) is 4.79 Å². The Hall–Kier alpha value is -2.08. The number of β-amino-alcohol motifs (C(OH)–C–C–N with tert-alkyl or cyclic N) is 1. The normalized spacial score (nSPS) is 21.8. The second kappa shape index (κ2) is 6.20. The lowest BCUT2D eigenvalue weighted by Gasteiger charge is -2.19. The molecule has 0 aliphatic carbocycles. The zero-order chi connectivity index (χ0) is 16.6. The summed E-state index contributed by atoms with van der Waals surface area (Å²) in [5.41, 5.74) is 2.17. The summed E-state index contributed by atoms with van der Waals surface area (Å²) in [6, 6.07) is 5.21. The maximum Gasteiger partial charge on any atom is 0.327 e. The third-order valence-corrected chi connectivity index (χ3v) is 4.31. The highest BCUT2D eigenvalue weighted by atomic mass is 16.5. The fraction of sp³-hybridized carbons (Fsp3) is 0.529. The molecule has 6 heteroatoms. The summed E-state index contributed by atoms with van der Waals surface area (Å²) in [6.07, 6.45) is 0.689. The Labute approximate surface area is 135 Å². The number of aliphatic hydroxyl groups excluding tert-OH is 1. The summed E-state index contributed by atoms with van der Waals surface area (Å²) >= 11 is 0. The van der Waals surface area contributed by atoms with E-state index in [0.29, 0.717) is 12.3 Å². The largest absolute Gasteiger partial charge is 0.491 e. The van der Waals surface area contributed by atoms with Gasteiger partial charge in [-0.1, -0.05) is 6.07 Å². The highest BCUT2D eigenvalue weighted by Crippen LogP contribution is 2.27. The molecule has 6 nitrogen and oxygen atoms in total. The lowest BCUT2D eigenvalue weighted by Crippen LogP contribution is -2.41. The van der Waals surface area contributed by atoms with Crippen LogP contribution in [-0.4, -0.2) is 58.7 Å². The highest BCUT2D eigenvalue weighted by Gasteiger charge is 2.47. The van der Waals surface area contributed by atoms with Crippen LogP contribution >= 0.6 is 0 Å². The summed E-state index contributed by atoms with van der Waals surface area (Å²) in [5, 5.41) is 10.1. The van der Waals surface area contributed by atoms with Gasteiger partial charge in [0.15, 0.2) is 0 Å². The van der Waals surface area contributed by atoms with Crippen molar-refractivity contribution in [2.24, 2.45) is 0 Å². The number of carbonyl (C=O) groups excluding carboxylic acids is 2. The van der Waals surface area contributed by atoms with E-state index in [1.807, 2.05) is 32.0 Å². The number of hydrogen-bond acceptors (Lipinski definition) is 4. The van der Waals surface area contributed by atoms with Gasteiger partial charge in [-0.05, 0) is 49.9 Å². The second-order valence-electron chi connectivity index (χ2n) is 6.37. The average Bonchev–Trinajstić information content (AvgIpc) is 3.04. The summed E-state index contributed by atoms with van der Waals surface area (Å²) in [5.74, 6) is 0.485. The molecule has 2 heterocycles. The van der Waals surface area contributed by atoms with E-state index in [2.05, 4.69) is 0 Å². The first-order valence-electron chi connectivity index (χ1n) is 7.97. The summed E-state index contributed by atoms with van der Waals surface area (Å²) < 4.78 is 5.59. The van der Waals surface area contributed by atoms with Gasteiger partial charge in [0.25, 0.3) is 5.91 Å². The molecule has 124 valence electrons. The Balaban J connectivity index is 1.56. The van der Waals surface area contributed by atoms with Gasteiger partial charge in [0.1, 0.15) is 24.5 Å². The maximum absolute atomic E-state index is 12.2. The molecule has 3 rings (SSSR count). The van der Waals surface area contributed by atoms with E-state index in [-0.39, 0.29) is 31.1 Å². The van der Waals surface area contributed by atoms with Crippen molar-refractivity contribution in [1.82, 2.24) is 9.80 Å². The summed E-state index contributed by atoms with van der Waals surface area (Å²) in [6.45, 7) is 4.61. The van der Waals surface area contributed by atoms with E-state index in [4.69, 9.17) is 4.74 Å². The van der Waals surface area contributed by atoms with Crippen molar-refractivity contribution in [2.45, 2.75) is 38.8 Å². The fourth-order valence-corrected chi connectivity index (χ4v) is 3.32. The minimum atomic E-state index is -0.899. The molecule has 2 saturated heterocycles. The van der Waals surface area contributed by atoms with Gasteiger partial charge < -0.3 is 14.7 Å². The Kier molecular flexibility index (Phi) is 4.26. The van der Waals surface area contributed by atoms with Crippen LogP contribution in [0.25, 0.3) is 0 Å². The molecule has 1 aromatic carbocycles. The molecule has 1 aromatic rings. The zero-order valence-electron chi connectivity index (χ0n) is 13.5. The van der Waals surface area contributed by atoms with E-state index < -0.39 is 6.10 Å². The fourth-order valence-electron chi connectivity index (χ4n) is 3.32. The predicted octanol–water partition coefficient (Wildman–Crippen LogP) is 1.47. The number of imide groups is 1. The molecule has 2 fully saturated rings. The predicted molar refractivity (Wildman–Crippen MR) is 84.3 cm³/mol. The number of benzene rings is 1. The van der Waals surface area contributed by atoms with Crippen molar-refractivity contribution in [2.75, 3.05) is 19.7 Å². The van der Waals surface area contributed by atoms with Gasteiger partial charge in [-0.15, -0.1) is 0 Å². The van der Waals surface area contributed by atoms with Gasteiger partial charge in [-0.3, -0.25) is 9.69 Å². The van der Waals surface area contributed by atoms with Crippen molar-refractivity contribution < 1.29 is 19.4 Å². The third kappa shape index (κ3) is 3.17. The third-order valence-electron chi connectivity index (χ3n) is 4.31. The van der Waals surface area contributed by atoms with Crippen molar-refractivity contribution in [3.05, 3.63) is 29.3 Å². The number of aliphatic hydroxyl groups is 1. The number of aryl methyl sites for hydroxylation is 2. The Bertz CT molecular complexity index is 589. The zero-order valence-corrected chi connectivity index (χ0v) is 13.5. The van der Waals surface area contributed by atoms with Gasteiger partial charge in [0.05, 0.1) is 6.54 Å². The first kappa shape index (κ1) is 15.8. The summed E-state index contributed by atoms with van der Waals surface area (Å²) in [7, 11) is 0. The first-order valence-corrected chi connectivity index (χ1v) is 7.97. The molecular weight excluding hydrogens is 296 g/mol. The van der Waals surface area contributed by atoms with Crippen LogP contribution in [0.3, 0.4) is 0 Å². The molecule has 2 aliphatic rings. The molecule has 0 bridgehead atoms. The number of ether oxygens (including phenoxy) is 1. The van der Waals surface area contributed by atoms with Crippen LogP contribution in [-0.2, 0) is 4.79 Å². The van der Waals surface area contributed by atoms with E-state index >= 15 is 0 Å². The van der Waals surface area contributed by atoms with Crippen LogP contribution < -0.4 is 4.74 Å². The smallest absolute Gasteiger partial charge is 0.327 e. The number of carbonyl (C=O) groups is 2. The van der Waals surface area contributed by atoms with Gasteiger partial charge in [0, 0.05) is 6.54 Å². The molecule has 0 spiro atoms. The number of rotatable bonds is 5. The molecule has 0 aromatic heterocycles. The van der Waals surface area contributed by atoms with Gasteiger partial charge in [-0.2, -0.15) is 0 Å². The van der Waals surface area contributed by atoms with Gasteiger partial charge >= 0.3 is 6.03 Å². The van der Waals surface area contributed by atoms with E-state index in [0.717, 1.165) is 28.9 Å². The van der Waals surface area contributed by atoms with Crippen molar-refractivity contribution in [3.63, 3.8) is 0 Å². The van der Waals surface area contributed by atoms with Crippen molar-refractivity contribution >= 4 is 11.9 Å². The average molecular weight is 318 g/mol. The Morgan fingerprint density at radius 1 is 1.26 bits per heavy atom. The Morgan fingerprint density at radius 2 is 1.96 bits per heavy atom. The maximum atomic E-state index is 12.2. The van der Waals surface area contributed by atoms with Crippen molar-refractivity contribution in [3.8, 4) is 5.75 Å². The van der Waals surface area contributed by atoms with E-state index in [1.165, 1.54) is 0 Å². The van der Waals surface area contributed by atoms with Crippen LogP contribution in [0.4, 0.5) is 4.79 Å². The monoisotopic (exact) mass is 318 g/mol. The SMILES string of the molecule is Cc1cc(C)cc(OC[C@H](O)CN2C(=O)[C@@H]3CCCN3C2=O)c1. The number of amides is 3. The lowest BCUT2D eigenvalue weighted by molar-refractivity contribution is -0.129. The number of urea groups is 1. The molecule has 0 radical (unpaired) electrons. The quantitative estimate of drug-likeness (QED) is 0.835. The standard InChI is InChI=1S/C17H22N2O4/c1-11-6-12(2)8-14(7-11)23-10-13(20)9-19-16(21)15-4-3-5-18(15)17(19)22/h6-8,13,15,20H,3-5,9-10H2,1-2H3/t13-,15+/m1/s1.